The lowest BCUT2D eigenvalue weighted by Gasteiger charge is -2.01. The van der Waals surface area contributed by atoms with Gasteiger partial charge in [-0.05, 0) is 25.8 Å². The van der Waals surface area contributed by atoms with Crippen molar-refractivity contribution in [3.8, 4) is 0 Å². The van der Waals surface area contributed by atoms with Gasteiger partial charge in [0.25, 0.3) is 0 Å². The Balaban J connectivity index is 2.83. The van der Waals surface area contributed by atoms with Gasteiger partial charge in [-0.25, -0.2) is 0 Å². The van der Waals surface area contributed by atoms with Gasteiger partial charge >= 0.3 is 5.97 Å². The molecule has 0 saturated carbocycles. The number of hydrogen-bond acceptors (Lipinski definition) is 2. The Morgan fingerprint density at radius 3 is 2.57 bits per heavy atom. The number of hydrogen-bond donors (Lipinski definition) is 1. The van der Waals surface area contributed by atoms with E-state index in [0.29, 0.717) is 6.54 Å². The van der Waals surface area contributed by atoms with Crippen molar-refractivity contribution < 1.29 is 9.90 Å². The maximum atomic E-state index is 10.4. The Labute approximate surface area is 83.5 Å². The van der Waals surface area contributed by atoms with Crippen molar-refractivity contribution >= 4 is 5.97 Å². The summed E-state index contributed by atoms with van der Waals surface area (Å²) in [6, 6.07) is 0. The molecular formula is C10H16N2O2. The molecule has 14 heavy (non-hydrogen) atoms. The predicted octanol–water partition coefficient (Wildman–Crippen LogP) is 1.54. The van der Waals surface area contributed by atoms with Gasteiger partial charge in [0.05, 0.1) is 18.7 Å². The van der Waals surface area contributed by atoms with Gasteiger partial charge in [-0.1, -0.05) is 6.92 Å². The van der Waals surface area contributed by atoms with Gasteiger partial charge in [-0.3, -0.25) is 9.48 Å². The maximum absolute atomic E-state index is 10.4. The van der Waals surface area contributed by atoms with Crippen LogP contribution in [0.25, 0.3) is 0 Å². The second-order valence-electron chi connectivity index (χ2n) is 3.37. The lowest BCUT2D eigenvalue weighted by Crippen LogP contribution is -2.07. The molecule has 0 aliphatic rings. The minimum Gasteiger partial charge on any atom is -0.481 e. The summed E-state index contributed by atoms with van der Waals surface area (Å²) in [6.07, 6.45) is 1.08. The van der Waals surface area contributed by atoms with Gasteiger partial charge in [-0.2, -0.15) is 5.10 Å². The molecule has 0 aromatic carbocycles. The number of carbonyl (C=O) groups is 1. The molecular weight excluding hydrogens is 180 g/mol. The molecule has 4 heteroatoms. The van der Waals surface area contributed by atoms with Gasteiger partial charge in [-0.15, -0.1) is 0 Å². The van der Waals surface area contributed by atoms with Crippen molar-refractivity contribution in [2.75, 3.05) is 0 Å². The van der Waals surface area contributed by atoms with Crippen LogP contribution in [-0.4, -0.2) is 20.9 Å². The second-order valence-corrected chi connectivity index (χ2v) is 3.37. The van der Waals surface area contributed by atoms with Gasteiger partial charge in [0, 0.05) is 5.69 Å². The van der Waals surface area contributed by atoms with Crippen LogP contribution in [0, 0.1) is 13.8 Å². The van der Waals surface area contributed by atoms with Crippen molar-refractivity contribution in [1.82, 2.24) is 9.78 Å². The fourth-order valence-electron chi connectivity index (χ4n) is 1.66. The molecule has 0 radical (unpaired) electrons. The first kappa shape index (κ1) is 10.8. The number of carboxylic acids is 1. The molecule has 0 atom stereocenters. The van der Waals surface area contributed by atoms with Crippen LogP contribution < -0.4 is 0 Å². The zero-order valence-corrected chi connectivity index (χ0v) is 8.87. The summed E-state index contributed by atoms with van der Waals surface area (Å²) >= 11 is 0. The minimum atomic E-state index is -0.782. The molecule has 1 aromatic rings. The molecule has 0 aliphatic heterocycles. The molecule has 0 spiro atoms. The fraction of sp³-hybridized carbons (Fsp3) is 0.600. The SMILES string of the molecule is CCc1c(C)nn(CCC(=O)O)c1C. The lowest BCUT2D eigenvalue weighted by atomic mass is 10.1. The highest BCUT2D eigenvalue weighted by Crippen LogP contribution is 2.13. The zero-order chi connectivity index (χ0) is 10.7. The van der Waals surface area contributed by atoms with Crippen molar-refractivity contribution in [2.45, 2.75) is 40.2 Å². The quantitative estimate of drug-likeness (QED) is 0.794. The summed E-state index contributed by atoms with van der Waals surface area (Å²) in [6.45, 7) is 6.49. The highest BCUT2D eigenvalue weighted by Gasteiger charge is 2.09. The van der Waals surface area contributed by atoms with E-state index >= 15 is 0 Å². The van der Waals surface area contributed by atoms with Gasteiger partial charge < -0.3 is 5.11 Å². The smallest absolute Gasteiger partial charge is 0.305 e. The zero-order valence-electron chi connectivity index (χ0n) is 8.87. The second kappa shape index (κ2) is 4.26. The number of aromatic nitrogens is 2. The highest BCUT2D eigenvalue weighted by atomic mass is 16.4. The molecule has 1 N–H and O–H groups in total. The Morgan fingerprint density at radius 2 is 2.14 bits per heavy atom. The molecule has 0 unspecified atom stereocenters. The molecule has 0 bridgehead atoms. The summed E-state index contributed by atoms with van der Waals surface area (Å²) in [5, 5.41) is 12.9. The average Bonchev–Trinajstić information content (AvgIpc) is 2.38. The number of rotatable bonds is 4. The van der Waals surface area contributed by atoms with E-state index in [1.807, 2.05) is 13.8 Å². The van der Waals surface area contributed by atoms with E-state index in [1.54, 1.807) is 4.68 Å². The molecule has 1 rings (SSSR count). The first-order valence-electron chi connectivity index (χ1n) is 4.81. The van der Waals surface area contributed by atoms with E-state index in [4.69, 9.17) is 5.11 Å². The van der Waals surface area contributed by atoms with Gasteiger partial charge in [0.15, 0.2) is 0 Å². The summed E-state index contributed by atoms with van der Waals surface area (Å²) in [4.78, 5) is 10.4. The van der Waals surface area contributed by atoms with Crippen LogP contribution in [0.5, 0.6) is 0 Å². The lowest BCUT2D eigenvalue weighted by molar-refractivity contribution is -0.137. The summed E-state index contributed by atoms with van der Waals surface area (Å²) < 4.78 is 1.78. The molecule has 1 aromatic heterocycles. The van der Waals surface area contributed by atoms with Crippen LogP contribution in [0.3, 0.4) is 0 Å². The first-order chi connectivity index (χ1) is 6.56. The topological polar surface area (TPSA) is 55.1 Å². The Hall–Kier alpha value is -1.32. The molecule has 0 aliphatic carbocycles. The van der Waals surface area contributed by atoms with Gasteiger partial charge in [0.2, 0.25) is 0 Å². The van der Waals surface area contributed by atoms with E-state index in [0.717, 1.165) is 17.8 Å². The largest absolute Gasteiger partial charge is 0.481 e. The van der Waals surface area contributed by atoms with Crippen molar-refractivity contribution in [2.24, 2.45) is 0 Å². The predicted molar refractivity (Wildman–Crippen MR) is 53.3 cm³/mol. The number of nitrogens with zero attached hydrogens (tertiary/aromatic N) is 2. The van der Waals surface area contributed by atoms with Gasteiger partial charge in [0.1, 0.15) is 0 Å². The summed E-state index contributed by atoms with van der Waals surface area (Å²) in [5.41, 5.74) is 3.33. The molecule has 0 saturated heterocycles. The molecule has 78 valence electrons. The van der Waals surface area contributed by atoms with Crippen LogP contribution in [-0.2, 0) is 17.8 Å². The van der Waals surface area contributed by atoms with E-state index < -0.39 is 5.97 Å². The standard InChI is InChI=1S/C10H16N2O2/c1-4-9-7(2)11-12(8(9)3)6-5-10(13)14/h4-6H2,1-3H3,(H,13,14). The summed E-state index contributed by atoms with van der Waals surface area (Å²) in [7, 11) is 0. The third-order valence-electron chi connectivity index (χ3n) is 2.42. The van der Waals surface area contributed by atoms with Crippen LogP contribution >= 0.6 is 0 Å². The van der Waals surface area contributed by atoms with Crippen LogP contribution in [0.15, 0.2) is 0 Å². The average molecular weight is 196 g/mol. The van der Waals surface area contributed by atoms with Crippen molar-refractivity contribution in [3.05, 3.63) is 17.0 Å². The molecule has 0 fully saturated rings. The molecule has 1 heterocycles. The van der Waals surface area contributed by atoms with Crippen molar-refractivity contribution in [3.63, 3.8) is 0 Å². The third kappa shape index (κ3) is 2.13. The number of aliphatic carboxylic acids is 1. The number of aryl methyl sites for hydroxylation is 2. The third-order valence-corrected chi connectivity index (χ3v) is 2.42. The van der Waals surface area contributed by atoms with Crippen LogP contribution in [0.2, 0.25) is 0 Å². The molecule has 4 nitrogen and oxygen atoms in total. The normalized spacial score (nSPS) is 10.5. The highest BCUT2D eigenvalue weighted by molar-refractivity contribution is 5.66. The van der Waals surface area contributed by atoms with E-state index in [2.05, 4.69) is 12.0 Å². The minimum absolute atomic E-state index is 0.130. The Kier molecular flexibility index (Phi) is 3.28. The fourth-order valence-corrected chi connectivity index (χ4v) is 1.66. The monoisotopic (exact) mass is 196 g/mol. The van der Waals surface area contributed by atoms with Crippen molar-refractivity contribution in [1.29, 1.82) is 0 Å². The molecule has 0 amide bonds. The van der Waals surface area contributed by atoms with E-state index in [-0.39, 0.29) is 6.42 Å². The number of carboxylic acid groups (broad SMARTS) is 1. The van der Waals surface area contributed by atoms with E-state index in [9.17, 15) is 4.79 Å². The van der Waals surface area contributed by atoms with Crippen LogP contribution in [0.4, 0.5) is 0 Å². The van der Waals surface area contributed by atoms with E-state index in [1.165, 1.54) is 5.56 Å². The maximum Gasteiger partial charge on any atom is 0.305 e. The Morgan fingerprint density at radius 1 is 1.50 bits per heavy atom. The first-order valence-corrected chi connectivity index (χ1v) is 4.81. The Bertz CT molecular complexity index is 342. The summed E-state index contributed by atoms with van der Waals surface area (Å²) in [5.74, 6) is -0.782. The van der Waals surface area contributed by atoms with Crippen LogP contribution in [0.1, 0.15) is 30.3 Å².